The van der Waals surface area contributed by atoms with E-state index >= 15 is 0 Å². The van der Waals surface area contributed by atoms with Crippen molar-refractivity contribution in [2.45, 2.75) is 13.0 Å². The van der Waals surface area contributed by atoms with E-state index in [-0.39, 0.29) is 23.8 Å². The zero-order valence-corrected chi connectivity index (χ0v) is 15.6. The van der Waals surface area contributed by atoms with Crippen molar-refractivity contribution in [3.63, 3.8) is 0 Å². The summed E-state index contributed by atoms with van der Waals surface area (Å²) in [5.41, 5.74) is 0.610. The lowest BCUT2D eigenvalue weighted by Gasteiger charge is -2.18. The van der Waals surface area contributed by atoms with Gasteiger partial charge in [0.2, 0.25) is 10.0 Å². The maximum absolute atomic E-state index is 12.2. The summed E-state index contributed by atoms with van der Waals surface area (Å²) < 4.78 is 35.6. The number of ether oxygens (including phenoxy) is 1. The molecular weight excluding hydrogens is 372 g/mol. The van der Waals surface area contributed by atoms with Crippen LogP contribution in [0.4, 0.5) is 5.69 Å². The molecule has 1 aliphatic heterocycles. The van der Waals surface area contributed by atoms with E-state index in [4.69, 9.17) is 9.15 Å². The van der Waals surface area contributed by atoms with Gasteiger partial charge in [-0.3, -0.25) is 9.10 Å². The van der Waals surface area contributed by atoms with Gasteiger partial charge in [0, 0.05) is 13.6 Å². The van der Waals surface area contributed by atoms with Crippen molar-refractivity contribution >= 4 is 27.6 Å². The highest BCUT2D eigenvalue weighted by Crippen LogP contribution is 2.25. The molecule has 3 rings (SSSR count). The third kappa shape index (κ3) is 4.48. The quantitative estimate of drug-likeness (QED) is 0.693. The van der Waals surface area contributed by atoms with Gasteiger partial charge < -0.3 is 14.1 Å². The Morgan fingerprint density at radius 1 is 1.26 bits per heavy atom. The van der Waals surface area contributed by atoms with Gasteiger partial charge in [0.15, 0.2) is 6.61 Å². The van der Waals surface area contributed by atoms with E-state index in [9.17, 15) is 18.0 Å². The van der Waals surface area contributed by atoms with Crippen LogP contribution in [0.2, 0.25) is 0 Å². The second-order valence-corrected chi connectivity index (χ2v) is 8.21. The molecular formula is C18H20N2O6S. The molecule has 1 saturated heterocycles. The minimum absolute atomic E-state index is 0.0954. The van der Waals surface area contributed by atoms with Crippen molar-refractivity contribution in [1.29, 1.82) is 0 Å². The fourth-order valence-electron chi connectivity index (χ4n) is 2.76. The molecule has 0 saturated carbocycles. The minimum Gasteiger partial charge on any atom is -0.467 e. The van der Waals surface area contributed by atoms with Crippen LogP contribution in [0.25, 0.3) is 0 Å². The molecule has 0 radical (unpaired) electrons. The molecule has 2 heterocycles. The van der Waals surface area contributed by atoms with E-state index in [1.807, 2.05) is 0 Å². The van der Waals surface area contributed by atoms with Gasteiger partial charge in [-0.05, 0) is 36.8 Å². The number of carbonyl (C=O) groups is 2. The molecule has 1 fully saturated rings. The molecule has 0 aliphatic carbocycles. The fraction of sp³-hybridized carbons (Fsp3) is 0.333. The van der Waals surface area contributed by atoms with Crippen LogP contribution in [-0.4, -0.2) is 51.1 Å². The molecule has 0 N–H and O–H groups in total. The van der Waals surface area contributed by atoms with Gasteiger partial charge in [-0.2, -0.15) is 0 Å². The van der Waals surface area contributed by atoms with E-state index in [1.54, 1.807) is 31.3 Å². The first kappa shape index (κ1) is 19.0. The Kier molecular flexibility index (Phi) is 5.50. The fourth-order valence-corrected chi connectivity index (χ4v) is 4.32. The van der Waals surface area contributed by atoms with Crippen LogP contribution < -0.4 is 4.31 Å². The number of hydrogen-bond donors (Lipinski definition) is 0. The molecule has 0 spiro atoms. The molecule has 144 valence electrons. The van der Waals surface area contributed by atoms with Crippen molar-refractivity contribution in [3.8, 4) is 0 Å². The average Bonchev–Trinajstić information content (AvgIpc) is 3.28. The van der Waals surface area contributed by atoms with Crippen molar-refractivity contribution in [2.75, 3.05) is 30.3 Å². The highest BCUT2D eigenvalue weighted by molar-refractivity contribution is 7.93. The highest BCUT2D eigenvalue weighted by Gasteiger charge is 2.28. The Morgan fingerprint density at radius 3 is 2.74 bits per heavy atom. The van der Waals surface area contributed by atoms with Gasteiger partial charge >= 0.3 is 5.97 Å². The van der Waals surface area contributed by atoms with Crippen LogP contribution in [0.5, 0.6) is 0 Å². The smallest absolute Gasteiger partial charge is 0.338 e. The molecule has 8 nitrogen and oxygen atoms in total. The first-order valence-electron chi connectivity index (χ1n) is 8.41. The van der Waals surface area contributed by atoms with Gasteiger partial charge in [0.25, 0.3) is 5.91 Å². The van der Waals surface area contributed by atoms with E-state index in [0.29, 0.717) is 24.4 Å². The molecule has 1 aliphatic rings. The molecule has 0 atom stereocenters. The highest BCUT2D eigenvalue weighted by atomic mass is 32.2. The zero-order chi connectivity index (χ0) is 19.4. The number of furan rings is 1. The number of benzene rings is 1. The van der Waals surface area contributed by atoms with Gasteiger partial charge in [-0.15, -0.1) is 0 Å². The normalized spacial score (nSPS) is 15.5. The molecule has 9 heteroatoms. The Balaban J connectivity index is 1.59. The van der Waals surface area contributed by atoms with Gasteiger partial charge in [-0.1, -0.05) is 6.07 Å². The number of amides is 1. The number of nitrogens with zero attached hydrogens (tertiary/aromatic N) is 2. The van der Waals surface area contributed by atoms with Gasteiger partial charge in [-0.25, -0.2) is 13.2 Å². The van der Waals surface area contributed by atoms with Crippen LogP contribution >= 0.6 is 0 Å². The standard InChI is InChI=1S/C18H20N2O6S/c1-19(12-16-7-3-9-25-16)17(21)13-26-18(22)14-5-2-6-15(11-14)20-8-4-10-27(20,23)24/h2-3,5-7,9,11H,4,8,10,12-13H2,1H3. The van der Waals surface area contributed by atoms with E-state index in [1.165, 1.54) is 27.6 Å². The van der Waals surface area contributed by atoms with Crippen LogP contribution in [0.3, 0.4) is 0 Å². The third-order valence-electron chi connectivity index (χ3n) is 4.19. The first-order valence-corrected chi connectivity index (χ1v) is 10.0. The predicted octanol–water partition coefficient (Wildman–Crippen LogP) is 1.63. The molecule has 1 aromatic carbocycles. The Bertz CT molecular complexity index is 923. The summed E-state index contributed by atoms with van der Waals surface area (Å²) in [5, 5.41) is 0. The maximum atomic E-state index is 12.2. The lowest BCUT2D eigenvalue weighted by molar-refractivity contribution is -0.133. The van der Waals surface area contributed by atoms with Crippen LogP contribution in [-0.2, 0) is 26.1 Å². The number of likely N-dealkylation sites (N-methyl/N-ethyl adjacent to an activating group) is 1. The number of hydrogen-bond acceptors (Lipinski definition) is 6. The molecule has 0 bridgehead atoms. The number of rotatable bonds is 6. The number of esters is 1. The predicted molar refractivity (Wildman–Crippen MR) is 97.7 cm³/mol. The van der Waals surface area contributed by atoms with Crippen LogP contribution in [0.15, 0.2) is 47.1 Å². The molecule has 2 aromatic rings. The van der Waals surface area contributed by atoms with Crippen molar-refractivity contribution < 1.29 is 27.2 Å². The lowest BCUT2D eigenvalue weighted by atomic mass is 10.2. The second kappa shape index (κ2) is 7.83. The largest absolute Gasteiger partial charge is 0.467 e. The summed E-state index contributed by atoms with van der Waals surface area (Å²) in [7, 11) is -1.75. The monoisotopic (exact) mass is 392 g/mol. The summed E-state index contributed by atoms with van der Waals surface area (Å²) in [6.45, 7) is 0.241. The molecule has 27 heavy (non-hydrogen) atoms. The Hall–Kier alpha value is -2.81. The summed E-state index contributed by atoms with van der Waals surface area (Å²) in [6, 6.07) is 9.66. The first-order chi connectivity index (χ1) is 12.9. The third-order valence-corrected chi connectivity index (χ3v) is 6.06. The van der Waals surface area contributed by atoms with Gasteiger partial charge in [0.1, 0.15) is 5.76 Å². The topological polar surface area (TPSA) is 97.1 Å². The number of sulfonamides is 1. The van der Waals surface area contributed by atoms with Gasteiger partial charge in [0.05, 0.1) is 29.8 Å². The van der Waals surface area contributed by atoms with Crippen molar-refractivity contribution in [3.05, 3.63) is 54.0 Å². The van der Waals surface area contributed by atoms with Crippen molar-refractivity contribution in [1.82, 2.24) is 4.90 Å². The maximum Gasteiger partial charge on any atom is 0.338 e. The summed E-state index contributed by atoms with van der Waals surface area (Å²) in [6.07, 6.45) is 2.06. The van der Waals surface area contributed by atoms with E-state index in [0.717, 1.165) is 0 Å². The zero-order valence-electron chi connectivity index (χ0n) is 14.8. The van der Waals surface area contributed by atoms with Crippen LogP contribution in [0, 0.1) is 0 Å². The number of anilines is 1. The average molecular weight is 392 g/mol. The van der Waals surface area contributed by atoms with E-state index < -0.39 is 22.6 Å². The summed E-state index contributed by atoms with van der Waals surface area (Å²) in [4.78, 5) is 25.7. The minimum atomic E-state index is -3.33. The van der Waals surface area contributed by atoms with Crippen LogP contribution in [0.1, 0.15) is 22.5 Å². The summed E-state index contributed by atoms with van der Waals surface area (Å²) in [5.74, 6) is -0.346. The Morgan fingerprint density at radius 2 is 2.07 bits per heavy atom. The molecule has 1 aromatic heterocycles. The summed E-state index contributed by atoms with van der Waals surface area (Å²) >= 11 is 0. The van der Waals surface area contributed by atoms with Crippen molar-refractivity contribution in [2.24, 2.45) is 0 Å². The Labute approximate surface area is 157 Å². The SMILES string of the molecule is CN(Cc1ccco1)C(=O)COC(=O)c1cccc(N2CCCS2(=O)=O)c1. The lowest BCUT2D eigenvalue weighted by Crippen LogP contribution is -2.30. The molecule has 0 unspecified atom stereocenters. The second-order valence-electron chi connectivity index (χ2n) is 6.20. The number of carbonyl (C=O) groups excluding carboxylic acids is 2. The van der Waals surface area contributed by atoms with E-state index in [2.05, 4.69) is 0 Å². The molecule has 1 amide bonds.